The van der Waals surface area contributed by atoms with Gasteiger partial charge in [0.1, 0.15) is 11.6 Å². The van der Waals surface area contributed by atoms with Crippen LogP contribution in [0.3, 0.4) is 0 Å². The van der Waals surface area contributed by atoms with Crippen molar-refractivity contribution in [1.29, 1.82) is 0 Å². The van der Waals surface area contributed by atoms with Crippen LogP contribution < -0.4 is 0 Å². The summed E-state index contributed by atoms with van der Waals surface area (Å²) < 4.78 is 7.33. The average molecular weight is 329 g/mol. The molecule has 1 saturated heterocycles. The highest BCUT2D eigenvalue weighted by Crippen LogP contribution is 2.20. The Balaban J connectivity index is 1.52. The Kier molecular flexibility index (Phi) is 5.93. The smallest absolute Gasteiger partial charge is 0.130 e. The van der Waals surface area contributed by atoms with Gasteiger partial charge in [-0.1, -0.05) is 0 Å². The third-order valence-electron chi connectivity index (χ3n) is 4.68. The normalized spacial score (nSPS) is 18.8. The summed E-state index contributed by atoms with van der Waals surface area (Å²) in [6.45, 7) is 7.02. The average Bonchev–Trinajstić information content (AvgIpc) is 2.99. The second-order valence-corrected chi connectivity index (χ2v) is 6.62. The topological polar surface area (TPSA) is 56.1 Å². The summed E-state index contributed by atoms with van der Waals surface area (Å²) in [4.78, 5) is 15.7. The summed E-state index contributed by atoms with van der Waals surface area (Å²) in [6, 6.07) is 0. The zero-order chi connectivity index (χ0) is 16.8. The maximum atomic E-state index is 5.07. The van der Waals surface area contributed by atoms with Crippen molar-refractivity contribution in [3.05, 3.63) is 42.0 Å². The second-order valence-electron chi connectivity index (χ2n) is 6.62. The summed E-state index contributed by atoms with van der Waals surface area (Å²) in [6.07, 6.45) is 11.2. The number of hydrogen-bond acceptors (Lipinski definition) is 5. The quantitative estimate of drug-likeness (QED) is 0.778. The lowest BCUT2D eigenvalue weighted by Crippen LogP contribution is -2.36. The summed E-state index contributed by atoms with van der Waals surface area (Å²) >= 11 is 0. The number of likely N-dealkylation sites (tertiary alicyclic amines) is 1. The van der Waals surface area contributed by atoms with Crippen molar-refractivity contribution >= 4 is 0 Å². The van der Waals surface area contributed by atoms with E-state index in [2.05, 4.69) is 37.5 Å². The number of aromatic nitrogens is 4. The Morgan fingerprint density at radius 1 is 1.25 bits per heavy atom. The van der Waals surface area contributed by atoms with Gasteiger partial charge in [-0.3, -0.25) is 4.90 Å². The molecule has 1 unspecified atom stereocenters. The predicted octanol–water partition coefficient (Wildman–Crippen LogP) is 2.08. The molecular weight excluding hydrogens is 302 g/mol. The van der Waals surface area contributed by atoms with E-state index in [-0.39, 0.29) is 0 Å². The molecule has 3 rings (SSSR count). The molecule has 0 N–H and O–H groups in total. The molecule has 6 heteroatoms. The lowest BCUT2D eigenvalue weighted by atomic mass is 9.97. The maximum Gasteiger partial charge on any atom is 0.130 e. The van der Waals surface area contributed by atoms with Crippen LogP contribution in [0, 0.1) is 12.8 Å². The molecule has 130 valence electrons. The van der Waals surface area contributed by atoms with Gasteiger partial charge in [-0.05, 0) is 32.2 Å². The molecule has 0 saturated carbocycles. The summed E-state index contributed by atoms with van der Waals surface area (Å²) in [5.74, 6) is 2.65. The monoisotopic (exact) mass is 329 g/mol. The number of imidazole rings is 1. The molecule has 3 heterocycles. The van der Waals surface area contributed by atoms with Crippen LogP contribution in [-0.4, -0.2) is 51.2 Å². The van der Waals surface area contributed by atoms with Crippen LogP contribution >= 0.6 is 0 Å². The molecule has 1 atom stereocenters. The Labute approximate surface area is 143 Å². The molecule has 0 bridgehead atoms. The van der Waals surface area contributed by atoms with Crippen molar-refractivity contribution in [2.24, 2.45) is 5.92 Å². The van der Waals surface area contributed by atoms with Gasteiger partial charge in [-0.15, -0.1) is 0 Å². The molecule has 0 aromatic carbocycles. The first-order valence-corrected chi connectivity index (χ1v) is 8.73. The molecule has 1 fully saturated rings. The Hall–Kier alpha value is -1.79. The van der Waals surface area contributed by atoms with E-state index >= 15 is 0 Å². The number of aryl methyl sites for hydroxylation is 1. The Morgan fingerprint density at radius 3 is 2.79 bits per heavy atom. The molecule has 0 aliphatic carbocycles. The number of rotatable bonds is 7. The Morgan fingerprint density at radius 2 is 2.08 bits per heavy atom. The highest BCUT2D eigenvalue weighted by molar-refractivity contribution is 5.05. The van der Waals surface area contributed by atoms with Crippen LogP contribution in [-0.2, 0) is 24.2 Å². The molecule has 1 aliphatic rings. The highest BCUT2D eigenvalue weighted by atomic mass is 16.5. The van der Waals surface area contributed by atoms with Gasteiger partial charge < -0.3 is 9.30 Å². The molecule has 1 aliphatic heterocycles. The fraction of sp³-hybridized carbons (Fsp3) is 0.611. The number of nitrogens with zero attached hydrogens (tertiary/aromatic N) is 5. The highest BCUT2D eigenvalue weighted by Gasteiger charge is 2.21. The lowest BCUT2D eigenvalue weighted by molar-refractivity contribution is 0.155. The zero-order valence-corrected chi connectivity index (χ0v) is 14.7. The molecule has 2 aromatic rings. The minimum Gasteiger partial charge on any atom is -0.384 e. The molecule has 0 radical (unpaired) electrons. The maximum absolute atomic E-state index is 5.07. The van der Waals surface area contributed by atoms with Crippen LogP contribution in [0.5, 0.6) is 0 Å². The van der Waals surface area contributed by atoms with E-state index in [1.165, 1.54) is 18.4 Å². The van der Waals surface area contributed by atoms with Crippen LogP contribution in [0.1, 0.15) is 30.1 Å². The summed E-state index contributed by atoms with van der Waals surface area (Å²) in [5.41, 5.74) is 1.19. The number of ether oxygens (including phenoxy) is 1. The van der Waals surface area contributed by atoms with E-state index in [1.54, 1.807) is 7.11 Å². The second kappa shape index (κ2) is 8.35. The fourth-order valence-electron chi connectivity index (χ4n) is 3.36. The SMILES string of the molecule is COCCc1ncc(CN2CCCC(Cn3ccnc3C)C2)cn1. The number of piperidine rings is 1. The van der Waals surface area contributed by atoms with E-state index in [0.717, 1.165) is 44.2 Å². The molecule has 0 spiro atoms. The van der Waals surface area contributed by atoms with Crippen molar-refractivity contribution in [2.45, 2.75) is 39.3 Å². The van der Waals surface area contributed by atoms with Gasteiger partial charge in [0.2, 0.25) is 0 Å². The van der Waals surface area contributed by atoms with Gasteiger partial charge in [0.15, 0.2) is 0 Å². The Bertz CT molecular complexity index is 625. The molecule has 0 amide bonds. The van der Waals surface area contributed by atoms with Crippen LogP contribution in [0.25, 0.3) is 0 Å². The van der Waals surface area contributed by atoms with E-state index in [9.17, 15) is 0 Å². The van der Waals surface area contributed by atoms with E-state index in [1.807, 2.05) is 18.6 Å². The number of hydrogen-bond donors (Lipinski definition) is 0. The van der Waals surface area contributed by atoms with Gasteiger partial charge in [0.25, 0.3) is 0 Å². The zero-order valence-electron chi connectivity index (χ0n) is 14.7. The van der Waals surface area contributed by atoms with Gasteiger partial charge in [0.05, 0.1) is 6.61 Å². The summed E-state index contributed by atoms with van der Waals surface area (Å²) in [5, 5.41) is 0. The standard InChI is InChI=1S/C18H27N5O/c1-15-19-6-8-23(15)14-16-4-3-7-22(12-16)13-17-10-20-18(21-11-17)5-9-24-2/h6,8,10-11,16H,3-5,7,9,12-14H2,1-2H3. The van der Waals surface area contributed by atoms with Crippen LogP contribution in [0.4, 0.5) is 0 Å². The molecular formula is C18H27N5O. The fourth-order valence-corrected chi connectivity index (χ4v) is 3.36. The molecule has 6 nitrogen and oxygen atoms in total. The summed E-state index contributed by atoms with van der Waals surface area (Å²) in [7, 11) is 1.70. The van der Waals surface area contributed by atoms with Crippen molar-refractivity contribution in [1.82, 2.24) is 24.4 Å². The minimum atomic E-state index is 0.667. The largest absolute Gasteiger partial charge is 0.384 e. The van der Waals surface area contributed by atoms with Crippen molar-refractivity contribution < 1.29 is 4.74 Å². The van der Waals surface area contributed by atoms with Crippen molar-refractivity contribution in [3.8, 4) is 0 Å². The minimum absolute atomic E-state index is 0.667. The van der Waals surface area contributed by atoms with Crippen molar-refractivity contribution in [3.63, 3.8) is 0 Å². The predicted molar refractivity (Wildman–Crippen MR) is 92.6 cm³/mol. The third-order valence-corrected chi connectivity index (χ3v) is 4.68. The third kappa shape index (κ3) is 4.61. The first-order chi connectivity index (χ1) is 11.7. The first-order valence-electron chi connectivity index (χ1n) is 8.73. The molecule has 24 heavy (non-hydrogen) atoms. The van der Waals surface area contributed by atoms with Crippen LogP contribution in [0.2, 0.25) is 0 Å². The van der Waals surface area contributed by atoms with Gasteiger partial charge in [0, 0.05) is 63.5 Å². The van der Waals surface area contributed by atoms with E-state index in [0.29, 0.717) is 12.5 Å². The van der Waals surface area contributed by atoms with Gasteiger partial charge >= 0.3 is 0 Å². The van der Waals surface area contributed by atoms with E-state index < -0.39 is 0 Å². The van der Waals surface area contributed by atoms with Gasteiger partial charge in [-0.25, -0.2) is 15.0 Å². The van der Waals surface area contributed by atoms with Crippen molar-refractivity contribution in [2.75, 3.05) is 26.8 Å². The number of methoxy groups -OCH3 is 1. The molecule has 2 aromatic heterocycles. The van der Waals surface area contributed by atoms with Crippen LogP contribution in [0.15, 0.2) is 24.8 Å². The first kappa shape index (κ1) is 17.0. The van der Waals surface area contributed by atoms with Gasteiger partial charge in [-0.2, -0.15) is 0 Å². The van der Waals surface area contributed by atoms with E-state index in [4.69, 9.17) is 4.74 Å². The lowest BCUT2D eigenvalue weighted by Gasteiger charge is -2.33.